The predicted octanol–water partition coefficient (Wildman–Crippen LogP) is 3.30. The number of benzene rings is 1. The van der Waals surface area contributed by atoms with E-state index in [1.54, 1.807) is 11.3 Å². The van der Waals surface area contributed by atoms with E-state index in [1.165, 1.54) is 16.0 Å². The van der Waals surface area contributed by atoms with Gasteiger partial charge in [0.15, 0.2) is 0 Å². The summed E-state index contributed by atoms with van der Waals surface area (Å²) in [6.45, 7) is 2.12. The molecule has 2 rings (SSSR count). The zero-order valence-corrected chi connectivity index (χ0v) is 9.63. The minimum absolute atomic E-state index is 0.132. The Bertz CT molecular complexity index is 419. The van der Waals surface area contributed by atoms with Crippen LogP contribution in [-0.4, -0.2) is 0 Å². The van der Waals surface area contributed by atoms with Crippen LogP contribution in [0.1, 0.15) is 22.0 Å². The maximum absolute atomic E-state index is 6.18. The molecule has 1 aromatic heterocycles. The molecule has 0 spiro atoms. The quantitative estimate of drug-likeness (QED) is 0.838. The number of thiophene rings is 1. The molecule has 2 N–H and O–H groups in total. The van der Waals surface area contributed by atoms with Gasteiger partial charge in [-0.05, 0) is 35.9 Å². The first kappa shape index (κ1) is 10.4. The van der Waals surface area contributed by atoms with Crippen molar-refractivity contribution in [3.63, 3.8) is 0 Å². The van der Waals surface area contributed by atoms with Crippen LogP contribution in [0.5, 0.6) is 0 Å². The standard InChI is InChI=1S/C13H15NS/c1-10-7-8-15-13(10)12(14)9-11-5-3-2-4-6-11/h2-8,12H,9,14H2,1H3/t12-/m0/s1. The smallest absolute Gasteiger partial charge is 0.0433 e. The number of hydrogen-bond donors (Lipinski definition) is 1. The number of hydrogen-bond acceptors (Lipinski definition) is 2. The highest BCUT2D eigenvalue weighted by Gasteiger charge is 2.10. The molecule has 1 heterocycles. The van der Waals surface area contributed by atoms with Gasteiger partial charge < -0.3 is 5.73 Å². The lowest BCUT2D eigenvalue weighted by Crippen LogP contribution is -2.12. The SMILES string of the molecule is Cc1ccsc1[C@@H](N)Cc1ccccc1. The lowest BCUT2D eigenvalue weighted by molar-refractivity contribution is 0.732. The van der Waals surface area contributed by atoms with E-state index in [4.69, 9.17) is 5.73 Å². The molecule has 0 amide bonds. The molecule has 0 unspecified atom stereocenters. The normalized spacial score (nSPS) is 12.7. The maximum Gasteiger partial charge on any atom is 0.0433 e. The first-order valence-electron chi connectivity index (χ1n) is 5.11. The van der Waals surface area contributed by atoms with Gasteiger partial charge in [0.1, 0.15) is 0 Å². The summed E-state index contributed by atoms with van der Waals surface area (Å²) in [5.74, 6) is 0. The summed E-state index contributed by atoms with van der Waals surface area (Å²) in [7, 11) is 0. The van der Waals surface area contributed by atoms with Crippen molar-refractivity contribution in [1.29, 1.82) is 0 Å². The van der Waals surface area contributed by atoms with Crippen LogP contribution in [0.4, 0.5) is 0 Å². The summed E-state index contributed by atoms with van der Waals surface area (Å²) in [4.78, 5) is 1.30. The Morgan fingerprint density at radius 2 is 1.93 bits per heavy atom. The summed E-state index contributed by atoms with van der Waals surface area (Å²) in [6, 6.07) is 12.7. The molecule has 1 atom stereocenters. The average Bonchev–Trinajstić information content (AvgIpc) is 2.66. The lowest BCUT2D eigenvalue weighted by atomic mass is 10.0. The lowest BCUT2D eigenvalue weighted by Gasteiger charge is -2.10. The van der Waals surface area contributed by atoms with Crippen molar-refractivity contribution in [2.24, 2.45) is 5.73 Å². The molecule has 2 heteroatoms. The molecule has 0 aliphatic rings. The Hall–Kier alpha value is -1.12. The van der Waals surface area contributed by atoms with Crippen molar-refractivity contribution in [2.45, 2.75) is 19.4 Å². The summed E-state index contributed by atoms with van der Waals surface area (Å²) < 4.78 is 0. The Morgan fingerprint density at radius 3 is 2.53 bits per heavy atom. The van der Waals surface area contributed by atoms with Gasteiger partial charge in [-0.1, -0.05) is 30.3 Å². The van der Waals surface area contributed by atoms with Crippen LogP contribution in [0.2, 0.25) is 0 Å². The van der Waals surface area contributed by atoms with Gasteiger partial charge in [0.2, 0.25) is 0 Å². The van der Waals surface area contributed by atoms with Gasteiger partial charge in [0, 0.05) is 10.9 Å². The second-order valence-corrected chi connectivity index (χ2v) is 4.71. The monoisotopic (exact) mass is 217 g/mol. The highest BCUT2D eigenvalue weighted by molar-refractivity contribution is 7.10. The third-order valence-electron chi connectivity index (χ3n) is 2.54. The van der Waals surface area contributed by atoms with E-state index >= 15 is 0 Å². The van der Waals surface area contributed by atoms with Crippen LogP contribution in [-0.2, 0) is 6.42 Å². The van der Waals surface area contributed by atoms with Gasteiger partial charge >= 0.3 is 0 Å². The Balaban J connectivity index is 2.11. The average molecular weight is 217 g/mol. The Kier molecular flexibility index (Phi) is 3.19. The van der Waals surface area contributed by atoms with Gasteiger partial charge in [-0.2, -0.15) is 0 Å². The molecule has 0 saturated heterocycles. The molecule has 0 fully saturated rings. The van der Waals surface area contributed by atoms with E-state index in [0.717, 1.165) is 6.42 Å². The van der Waals surface area contributed by atoms with Crippen LogP contribution < -0.4 is 5.73 Å². The highest BCUT2D eigenvalue weighted by atomic mass is 32.1. The third-order valence-corrected chi connectivity index (χ3v) is 3.69. The van der Waals surface area contributed by atoms with Gasteiger partial charge in [0.25, 0.3) is 0 Å². The zero-order chi connectivity index (χ0) is 10.7. The second kappa shape index (κ2) is 4.60. The molecular formula is C13H15NS. The van der Waals surface area contributed by atoms with E-state index < -0.39 is 0 Å². The van der Waals surface area contributed by atoms with Gasteiger partial charge in [-0.15, -0.1) is 11.3 Å². The molecular weight excluding hydrogens is 202 g/mol. The second-order valence-electron chi connectivity index (χ2n) is 3.76. The van der Waals surface area contributed by atoms with Crippen LogP contribution in [0.3, 0.4) is 0 Å². The first-order chi connectivity index (χ1) is 7.27. The molecule has 0 saturated carbocycles. The summed E-state index contributed by atoms with van der Waals surface area (Å²) >= 11 is 1.75. The zero-order valence-electron chi connectivity index (χ0n) is 8.81. The van der Waals surface area contributed by atoms with E-state index in [9.17, 15) is 0 Å². The highest BCUT2D eigenvalue weighted by Crippen LogP contribution is 2.24. The van der Waals surface area contributed by atoms with Crippen molar-refractivity contribution < 1.29 is 0 Å². The molecule has 15 heavy (non-hydrogen) atoms. The van der Waals surface area contributed by atoms with Crippen LogP contribution in [0, 0.1) is 6.92 Å². The summed E-state index contributed by atoms with van der Waals surface area (Å²) in [5.41, 5.74) is 8.79. The van der Waals surface area contributed by atoms with Crippen LogP contribution in [0.15, 0.2) is 41.8 Å². The summed E-state index contributed by atoms with van der Waals surface area (Å²) in [5, 5.41) is 2.11. The number of aryl methyl sites for hydroxylation is 1. The fourth-order valence-corrected chi connectivity index (χ4v) is 2.66. The maximum atomic E-state index is 6.18. The number of rotatable bonds is 3. The van der Waals surface area contributed by atoms with E-state index in [1.807, 2.05) is 6.07 Å². The Labute approximate surface area is 94.6 Å². The molecule has 78 valence electrons. The van der Waals surface area contributed by atoms with Crippen molar-refractivity contribution in [3.8, 4) is 0 Å². The van der Waals surface area contributed by atoms with E-state index in [0.29, 0.717) is 0 Å². The Morgan fingerprint density at radius 1 is 1.20 bits per heavy atom. The van der Waals surface area contributed by atoms with Crippen molar-refractivity contribution in [3.05, 3.63) is 57.8 Å². The molecule has 2 aromatic rings. The van der Waals surface area contributed by atoms with Crippen LogP contribution >= 0.6 is 11.3 Å². The first-order valence-corrected chi connectivity index (χ1v) is 5.99. The largest absolute Gasteiger partial charge is 0.323 e. The van der Waals surface area contributed by atoms with Gasteiger partial charge in [-0.25, -0.2) is 0 Å². The minimum Gasteiger partial charge on any atom is -0.323 e. The molecule has 0 aliphatic carbocycles. The fraction of sp³-hybridized carbons (Fsp3) is 0.231. The number of nitrogens with two attached hydrogens (primary N) is 1. The van der Waals surface area contributed by atoms with Gasteiger partial charge in [-0.3, -0.25) is 0 Å². The fourth-order valence-electron chi connectivity index (χ4n) is 1.73. The van der Waals surface area contributed by atoms with E-state index in [2.05, 4.69) is 42.6 Å². The van der Waals surface area contributed by atoms with E-state index in [-0.39, 0.29) is 6.04 Å². The van der Waals surface area contributed by atoms with Crippen LogP contribution in [0.25, 0.3) is 0 Å². The van der Waals surface area contributed by atoms with Crippen molar-refractivity contribution in [1.82, 2.24) is 0 Å². The molecule has 0 aliphatic heterocycles. The summed E-state index contributed by atoms with van der Waals surface area (Å²) in [6.07, 6.45) is 0.919. The molecule has 0 bridgehead atoms. The molecule has 1 nitrogen and oxygen atoms in total. The van der Waals surface area contributed by atoms with Gasteiger partial charge in [0.05, 0.1) is 0 Å². The van der Waals surface area contributed by atoms with Crippen molar-refractivity contribution >= 4 is 11.3 Å². The minimum atomic E-state index is 0.132. The molecule has 0 radical (unpaired) electrons. The van der Waals surface area contributed by atoms with Crippen molar-refractivity contribution in [2.75, 3.05) is 0 Å². The topological polar surface area (TPSA) is 26.0 Å². The third kappa shape index (κ3) is 2.46. The molecule has 1 aromatic carbocycles. The predicted molar refractivity (Wildman–Crippen MR) is 66.1 cm³/mol.